The van der Waals surface area contributed by atoms with Crippen molar-refractivity contribution in [3.8, 4) is 5.75 Å². The van der Waals surface area contributed by atoms with Crippen molar-refractivity contribution in [1.29, 1.82) is 0 Å². The van der Waals surface area contributed by atoms with E-state index in [1.54, 1.807) is 6.92 Å². The quantitative estimate of drug-likeness (QED) is 0.877. The van der Waals surface area contributed by atoms with E-state index in [-0.39, 0.29) is 12.1 Å². The van der Waals surface area contributed by atoms with Crippen LogP contribution in [0.15, 0.2) is 24.3 Å². The molecule has 0 unspecified atom stereocenters. The van der Waals surface area contributed by atoms with Gasteiger partial charge in [-0.3, -0.25) is 9.59 Å². The first kappa shape index (κ1) is 16.8. The lowest BCUT2D eigenvalue weighted by atomic mass is 10.2. The maximum absolute atomic E-state index is 12.1. The summed E-state index contributed by atoms with van der Waals surface area (Å²) in [5, 5.41) is 8.75. The molecule has 0 spiro atoms. The van der Waals surface area contributed by atoms with Gasteiger partial charge in [-0.15, -0.1) is 13.2 Å². The highest BCUT2D eigenvalue weighted by Gasteiger charge is 2.31. The number of alkyl halides is 3. The number of ether oxygens (including phenoxy) is 1. The first-order chi connectivity index (χ1) is 9.73. The number of amides is 1. The zero-order valence-electron chi connectivity index (χ0n) is 11.2. The van der Waals surface area contributed by atoms with Gasteiger partial charge in [0.15, 0.2) is 0 Å². The Morgan fingerprint density at radius 1 is 1.33 bits per heavy atom. The topological polar surface area (TPSA) is 66.8 Å². The molecule has 1 amide bonds. The van der Waals surface area contributed by atoms with Gasteiger partial charge in [-0.1, -0.05) is 13.0 Å². The molecule has 1 rings (SSSR count). The molecule has 0 aliphatic carbocycles. The van der Waals surface area contributed by atoms with Gasteiger partial charge in [0.05, 0.1) is 0 Å². The Kier molecular flexibility index (Phi) is 5.57. The summed E-state index contributed by atoms with van der Waals surface area (Å²) in [5.41, 5.74) is -0.0635. The zero-order chi connectivity index (χ0) is 16.0. The number of hydrogen-bond acceptors (Lipinski definition) is 3. The fourth-order valence-corrected chi connectivity index (χ4v) is 1.69. The van der Waals surface area contributed by atoms with Gasteiger partial charge in [-0.05, 0) is 24.6 Å². The fourth-order valence-electron chi connectivity index (χ4n) is 1.69. The molecule has 5 nitrogen and oxygen atoms in total. The van der Waals surface area contributed by atoms with E-state index in [4.69, 9.17) is 5.11 Å². The van der Waals surface area contributed by atoms with Crippen LogP contribution >= 0.6 is 0 Å². The molecule has 1 N–H and O–H groups in total. The highest BCUT2D eigenvalue weighted by atomic mass is 19.4. The van der Waals surface area contributed by atoms with E-state index in [9.17, 15) is 22.8 Å². The van der Waals surface area contributed by atoms with Gasteiger partial charge in [0, 0.05) is 12.1 Å². The molecule has 116 valence electrons. The van der Waals surface area contributed by atoms with Crippen LogP contribution in [0.3, 0.4) is 0 Å². The largest absolute Gasteiger partial charge is 0.573 e. The molecular formula is C13H14F3NO4. The van der Waals surface area contributed by atoms with Crippen molar-refractivity contribution in [2.75, 3.05) is 13.1 Å². The molecule has 0 aliphatic rings. The van der Waals surface area contributed by atoms with Gasteiger partial charge in [0.25, 0.3) is 5.91 Å². The smallest absolute Gasteiger partial charge is 0.480 e. The monoisotopic (exact) mass is 305 g/mol. The third-order valence-electron chi connectivity index (χ3n) is 2.42. The Morgan fingerprint density at radius 2 is 2.00 bits per heavy atom. The van der Waals surface area contributed by atoms with E-state index in [0.29, 0.717) is 6.42 Å². The van der Waals surface area contributed by atoms with Crippen molar-refractivity contribution in [3.63, 3.8) is 0 Å². The minimum Gasteiger partial charge on any atom is -0.480 e. The summed E-state index contributed by atoms with van der Waals surface area (Å²) in [4.78, 5) is 23.9. The zero-order valence-corrected chi connectivity index (χ0v) is 11.2. The van der Waals surface area contributed by atoms with Crippen molar-refractivity contribution in [1.82, 2.24) is 4.90 Å². The molecule has 0 bridgehead atoms. The van der Waals surface area contributed by atoms with Crippen LogP contribution in [0, 0.1) is 0 Å². The number of halogens is 3. The summed E-state index contributed by atoms with van der Waals surface area (Å²) in [5.74, 6) is -2.38. The van der Waals surface area contributed by atoms with Crippen LogP contribution in [-0.2, 0) is 4.79 Å². The van der Waals surface area contributed by atoms with E-state index in [1.165, 1.54) is 12.1 Å². The van der Waals surface area contributed by atoms with Crippen molar-refractivity contribution < 1.29 is 32.6 Å². The van der Waals surface area contributed by atoms with Crippen LogP contribution in [0.5, 0.6) is 5.75 Å². The Balaban J connectivity index is 2.94. The fraction of sp³-hybridized carbons (Fsp3) is 0.385. The number of benzene rings is 1. The van der Waals surface area contributed by atoms with Gasteiger partial charge < -0.3 is 14.7 Å². The maximum Gasteiger partial charge on any atom is 0.573 e. The minimum absolute atomic E-state index is 0.0635. The molecule has 1 aromatic carbocycles. The SMILES string of the molecule is CCCN(CC(=O)O)C(=O)c1cccc(OC(F)(F)F)c1. The summed E-state index contributed by atoms with van der Waals surface area (Å²) in [7, 11) is 0. The summed E-state index contributed by atoms with van der Waals surface area (Å²) in [6.45, 7) is 1.43. The van der Waals surface area contributed by atoms with Crippen molar-refractivity contribution in [2.45, 2.75) is 19.7 Å². The molecule has 0 fully saturated rings. The third kappa shape index (κ3) is 5.72. The van der Waals surface area contributed by atoms with Crippen LogP contribution in [0.2, 0.25) is 0 Å². The lowest BCUT2D eigenvalue weighted by Crippen LogP contribution is -2.36. The number of nitrogens with zero attached hydrogens (tertiary/aromatic N) is 1. The Bertz CT molecular complexity index is 516. The van der Waals surface area contributed by atoms with Crippen molar-refractivity contribution in [3.05, 3.63) is 29.8 Å². The minimum atomic E-state index is -4.86. The van der Waals surface area contributed by atoms with Gasteiger partial charge >= 0.3 is 12.3 Å². The second-order valence-electron chi connectivity index (χ2n) is 4.20. The van der Waals surface area contributed by atoms with E-state index in [1.807, 2.05) is 0 Å². The number of carboxylic acid groups (broad SMARTS) is 1. The molecule has 0 atom stereocenters. The Labute approximate surface area is 118 Å². The number of carbonyl (C=O) groups excluding carboxylic acids is 1. The van der Waals surface area contributed by atoms with Crippen LogP contribution in [-0.4, -0.2) is 41.3 Å². The van der Waals surface area contributed by atoms with Crippen LogP contribution in [0.4, 0.5) is 13.2 Å². The predicted octanol–water partition coefficient (Wildman–Crippen LogP) is 2.52. The summed E-state index contributed by atoms with van der Waals surface area (Å²) >= 11 is 0. The standard InChI is InChI=1S/C13H14F3NO4/c1-2-6-17(8-11(18)19)12(20)9-4-3-5-10(7-9)21-13(14,15)16/h3-5,7H,2,6,8H2,1H3,(H,18,19). The maximum atomic E-state index is 12.1. The number of aliphatic carboxylic acids is 1. The Hall–Kier alpha value is -2.25. The van der Waals surface area contributed by atoms with E-state index in [0.717, 1.165) is 17.0 Å². The van der Waals surface area contributed by atoms with E-state index >= 15 is 0 Å². The van der Waals surface area contributed by atoms with Crippen molar-refractivity contribution in [2.24, 2.45) is 0 Å². The lowest BCUT2D eigenvalue weighted by molar-refractivity contribution is -0.274. The first-order valence-corrected chi connectivity index (χ1v) is 6.10. The average molecular weight is 305 g/mol. The lowest BCUT2D eigenvalue weighted by Gasteiger charge is -2.20. The van der Waals surface area contributed by atoms with Gasteiger partial charge in [-0.2, -0.15) is 0 Å². The van der Waals surface area contributed by atoms with Crippen LogP contribution in [0.1, 0.15) is 23.7 Å². The molecule has 8 heteroatoms. The predicted molar refractivity (Wildman–Crippen MR) is 67.0 cm³/mol. The highest BCUT2D eigenvalue weighted by Crippen LogP contribution is 2.23. The molecule has 0 saturated heterocycles. The number of carbonyl (C=O) groups is 2. The molecule has 0 aromatic heterocycles. The summed E-state index contributed by atoms with van der Waals surface area (Å²) in [6, 6.07) is 4.53. The summed E-state index contributed by atoms with van der Waals surface area (Å²) < 4.78 is 40.1. The van der Waals surface area contributed by atoms with Gasteiger partial charge in [-0.25, -0.2) is 0 Å². The normalized spacial score (nSPS) is 11.0. The van der Waals surface area contributed by atoms with Crippen molar-refractivity contribution >= 4 is 11.9 Å². The van der Waals surface area contributed by atoms with Gasteiger partial charge in [0.2, 0.25) is 0 Å². The number of hydrogen-bond donors (Lipinski definition) is 1. The van der Waals surface area contributed by atoms with Crippen LogP contribution < -0.4 is 4.74 Å². The molecule has 0 saturated carbocycles. The second kappa shape index (κ2) is 6.96. The molecular weight excluding hydrogens is 291 g/mol. The highest BCUT2D eigenvalue weighted by molar-refractivity contribution is 5.96. The average Bonchev–Trinajstić information content (AvgIpc) is 2.35. The molecule has 1 aromatic rings. The second-order valence-corrected chi connectivity index (χ2v) is 4.20. The van der Waals surface area contributed by atoms with E-state index in [2.05, 4.69) is 4.74 Å². The van der Waals surface area contributed by atoms with Gasteiger partial charge in [0.1, 0.15) is 12.3 Å². The molecule has 0 radical (unpaired) electrons. The number of rotatable bonds is 6. The molecule has 0 heterocycles. The first-order valence-electron chi connectivity index (χ1n) is 6.10. The van der Waals surface area contributed by atoms with Crippen LogP contribution in [0.25, 0.3) is 0 Å². The molecule has 21 heavy (non-hydrogen) atoms. The number of carboxylic acids is 1. The summed E-state index contributed by atoms with van der Waals surface area (Å²) in [6.07, 6.45) is -4.33. The van der Waals surface area contributed by atoms with E-state index < -0.39 is 30.5 Å². The third-order valence-corrected chi connectivity index (χ3v) is 2.42. The Morgan fingerprint density at radius 3 is 2.52 bits per heavy atom. The molecule has 0 aliphatic heterocycles.